The number of fused-ring (bicyclic) bond motifs is 1. The second-order valence-corrected chi connectivity index (χ2v) is 6.69. The summed E-state index contributed by atoms with van der Waals surface area (Å²) in [4.78, 5) is 7.12. The van der Waals surface area contributed by atoms with Crippen LogP contribution in [0.15, 0.2) is 47.6 Å². The second-order valence-electron chi connectivity index (χ2n) is 4.60. The van der Waals surface area contributed by atoms with E-state index >= 15 is 0 Å². The average molecular weight is 322 g/mol. The van der Waals surface area contributed by atoms with Crippen molar-refractivity contribution in [1.82, 2.24) is 9.97 Å². The number of anilines is 1. The van der Waals surface area contributed by atoms with E-state index in [1.165, 1.54) is 12.4 Å². The molecule has 0 aliphatic heterocycles. The number of benzene rings is 2. The zero-order valence-corrected chi connectivity index (χ0v) is 12.7. The molecule has 21 heavy (non-hydrogen) atoms. The van der Waals surface area contributed by atoms with E-state index in [0.29, 0.717) is 27.3 Å². The maximum absolute atomic E-state index is 12.4. The molecule has 0 radical (unpaired) electrons. The third-order valence-electron chi connectivity index (χ3n) is 3.21. The molecule has 0 aliphatic rings. The molecule has 7 heteroatoms. The van der Waals surface area contributed by atoms with Gasteiger partial charge in [-0.3, -0.25) is 4.72 Å². The molecule has 0 amide bonds. The fourth-order valence-corrected chi connectivity index (χ4v) is 3.33. The zero-order chi connectivity index (χ0) is 15.0. The van der Waals surface area contributed by atoms with Crippen LogP contribution in [-0.2, 0) is 10.0 Å². The number of H-pyrrole nitrogens is 1. The number of hydrogen-bond donors (Lipinski definition) is 2. The van der Waals surface area contributed by atoms with Gasteiger partial charge in [-0.2, -0.15) is 0 Å². The largest absolute Gasteiger partial charge is 0.345 e. The lowest BCUT2D eigenvalue weighted by molar-refractivity contribution is 0.601. The monoisotopic (exact) mass is 321 g/mol. The number of nitrogens with zero attached hydrogens (tertiary/aromatic N) is 1. The fourth-order valence-electron chi connectivity index (χ4n) is 2.00. The van der Waals surface area contributed by atoms with Crippen LogP contribution in [-0.4, -0.2) is 18.4 Å². The van der Waals surface area contributed by atoms with Crippen LogP contribution in [0.3, 0.4) is 0 Å². The fraction of sp³-hybridized carbons (Fsp3) is 0.0714. The molecule has 0 aliphatic carbocycles. The lowest BCUT2D eigenvalue weighted by atomic mass is 10.2. The quantitative estimate of drug-likeness (QED) is 0.777. The highest BCUT2D eigenvalue weighted by molar-refractivity contribution is 7.92. The molecule has 0 bridgehead atoms. The highest BCUT2D eigenvalue weighted by Gasteiger charge is 2.16. The molecule has 0 atom stereocenters. The van der Waals surface area contributed by atoms with Gasteiger partial charge in [0.2, 0.25) is 0 Å². The van der Waals surface area contributed by atoms with Crippen molar-refractivity contribution in [3.8, 4) is 0 Å². The Morgan fingerprint density at radius 2 is 2.05 bits per heavy atom. The Bertz CT molecular complexity index is 919. The van der Waals surface area contributed by atoms with E-state index < -0.39 is 10.0 Å². The molecule has 0 unspecified atom stereocenters. The Balaban J connectivity index is 2.01. The van der Waals surface area contributed by atoms with E-state index in [1.807, 2.05) is 0 Å². The van der Waals surface area contributed by atoms with Crippen LogP contribution in [0.5, 0.6) is 0 Å². The van der Waals surface area contributed by atoms with Gasteiger partial charge in [0, 0.05) is 5.02 Å². The maximum atomic E-state index is 12.4. The smallest absolute Gasteiger partial charge is 0.261 e. The summed E-state index contributed by atoms with van der Waals surface area (Å²) in [7, 11) is -3.68. The van der Waals surface area contributed by atoms with Gasteiger partial charge >= 0.3 is 0 Å². The lowest BCUT2D eigenvalue weighted by Crippen LogP contribution is -2.13. The number of nitrogens with one attached hydrogen (secondary N) is 2. The summed E-state index contributed by atoms with van der Waals surface area (Å²) in [5.41, 5.74) is 2.53. The third kappa shape index (κ3) is 2.59. The van der Waals surface area contributed by atoms with Crippen molar-refractivity contribution in [1.29, 1.82) is 0 Å². The molecule has 3 rings (SSSR count). The van der Waals surface area contributed by atoms with Crippen molar-refractivity contribution >= 4 is 38.3 Å². The number of aromatic nitrogens is 2. The maximum Gasteiger partial charge on any atom is 0.261 e. The number of sulfonamides is 1. The Hall–Kier alpha value is -2.05. The first-order chi connectivity index (χ1) is 9.97. The van der Waals surface area contributed by atoms with Crippen LogP contribution in [0.4, 0.5) is 5.69 Å². The Kier molecular flexibility index (Phi) is 3.35. The Labute approximate surface area is 127 Å². The normalized spacial score (nSPS) is 11.7. The first kappa shape index (κ1) is 13.9. The summed E-state index contributed by atoms with van der Waals surface area (Å²) in [6.45, 7) is 1.76. The summed E-state index contributed by atoms with van der Waals surface area (Å²) < 4.78 is 27.4. The van der Waals surface area contributed by atoms with Gasteiger partial charge in [0.25, 0.3) is 10.0 Å². The van der Waals surface area contributed by atoms with Crippen molar-refractivity contribution in [2.75, 3.05) is 4.72 Å². The predicted octanol–water partition coefficient (Wildman–Crippen LogP) is 3.33. The van der Waals surface area contributed by atoms with Crippen molar-refractivity contribution in [3.05, 3.63) is 53.3 Å². The second kappa shape index (κ2) is 5.05. The molecule has 1 heterocycles. The molecule has 5 nitrogen and oxygen atoms in total. The first-order valence-electron chi connectivity index (χ1n) is 6.18. The van der Waals surface area contributed by atoms with E-state index in [0.717, 1.165) is 0 Å². The molecule has 1 aromatic heterocycles. The molecule has 2 aromatic carbocycles. The van der Waals surface area contributed by atoms with E-state index in [9.17, 15) is 8.42 Å². The molecular formula is C14H12ClN3O2S. The minimum Gasteiger partial charge on any atom is -0.345 e. The number of aromatic amines is 1. The standard InChI is InChI=1S/C14H12ClN3O2S/c1-9-11(15)3-2-4-12(9)18-21(19,20)10-5-6-13-14(7-10)17-8-16-13/h2-8,18H,1H3,(H,16,17). The summed E-state index contributed by atoms with van der Waals surface area (Å²) in [6, 6.07) is 9.81. The van der Waals surface area contributed by atoms with Crippen LogP contribution in [0, 0.1) is 6.92 Å². The van der Waals surface area contributed by atoms with Crippen LogP contribution in [0.25, 0.3) is 11.0 Å². The highest BCUT2D eigenvalue weighted by atomic mass is 35.5. The summed E-state index contributed by atoms with van der Waals surface area (Å²) in [6.07, 6.45) is 1.52. The van der Waals surface area contributed by atoms with Gasteiger partial charge in [-0.25, -0.2) is 13.4 Å². The van der Waals surface area contributed by atoms with Gasteiger partial charge in [0.05, 0.1) is 27.9 Å². The van der Waals surface area contributed by atoms with Gasteiger partial charge in [0.15, 0.2) is 0 Å². The SMILES string of the molecule is Cc1c(Cl)cccc1NS(=O)(=O)c1ccc2nc[nH]c2c1. The topological polar surface area (TPSA) is 74.8 Å². The number of rotatable bonds is 3. The summed E-state index contributed by atoms with van der Waals surface area (Å²) in [5, 5.41) is 0.513. The molecule has 2 N–H and O–H groups in total. The third-order valence-corrected chi connectivity index (χ3v) is 4.99. The number of halogens is 1. The Morgan fingerprint density at radius 3 is 2.86 bits per heavy atom. The molecule has 0 fully saturated rings. The van der Waals surface area contributed by atoms with Crippen LogP contribution in [0.1, 0.15) is 5.56 Å². The first-order valence-corrected chi connectivity index (χ1v) is 8.04. The average Bonchev–Trinajstić information content (AvgIpc) is 2.91. The molecule has 108 valence electrons. The van der Waals surface area contributed by atoms with E-state index in [1.54, 1.807) is 37.3 Å². The number of imidazole rings is 1. The van der Waals surface area contributed by atoms with Crippen molar-refractivity contribution < 1.29 is 8.42 Å². The minimum atomic E-state index is -3.68. The molecule has 3 aromatic rings. The summed E-state index contributed by atoms with van der Waals surface area (Å²) >= 11 is 6.00. The summed E-state index contributed by atoms with van der Waals surface area (Å²) in [5.74, 6) is 0. The predicted molar refractivity (Wildman–Crippen MR) is 83.1 cm³/mol. The van der Waals surface area contributed by atoms with Gasteiger partial charge in [-0.05, 0) is 42.8 Å². The van der Waals surface area contributed by atoms with Crippen LogP contribution < -0.4 is 4.72 Å². The van der Waals surface area contributed by atoms with Gasteiger partial charge < -0.3 is 4.98 Å². The lowest BCUT2D eigenvalue weighted by Gasteiger charge is -2.11. The van der Waals surface area contributed by atoms with Gasteiger partial charge in [-0.1, -0.05) is 17.7 Å². The van der Waals surface area contributed by atoms with Crippen molar-refractivity contribution in [3.63, 3.8) is 0 Å². The molecule has 0 spiro atoms. The van der Waals surface area contributed by atoms with E-state index in [-0.39, 0.29) is 4.90 Å². The van der Waals surface area contributed by atoms with E-state index in [4.69, 9.17) is 11.6 Å². The zero-order valence-electron chi connectivity index (χ0n) is 11.1. The van der Waals surface area contributed by atoms with Crippen molar-refractivity contribution in [2.24, 2.45) is 0 Å². The highest BCUT2D eigenvalue weighted by Crippen LogP contribution is 2.26. The van der Waals surface area contributed by atoms with Gasteiger partial charge in [-0.15, -0.1) is 0 Å². The molecule has 0 saturated heterocycles. The molecular weight excluding hydrogens is 310 g/mol. The Morgan fingerprint density at radius 1 is 1.24 bits per heavy atom. The van der Waals surface area contributed by atoms with E-state index in [2.05, 4.69) is 14.7 Å². The van der Waals surface area contributed by atoms with Gasteiger partial charge in [0.1, 0.15) is 0 Å². The van der Waals surface area contributed by atoms with Crippen molar-refractivity contribution in [2.45, 2.75) is 11.8 Å². The van der Waals surface area contributed by atoms with Crippen LogP contribution >= 0.6 is 11.6 Å². The minimum absolute atomic E-state index is 0.165. The molecule has 0 saturated carbocycles. The number of hydrogen-bond acceptors (Lipinski definition) is 3. The van der Waals surface area contributed by atoms with Crippen LogP contribution in [0.2, 0.25) is 5.02 Å².